The summed E-state index contributed by atoms with van der Waals surface area (Å²) in [5, 5.41) is 3.51. The maximum atomic E-state index is 5.75. The lowest BCUT2D eigenvalue weighted by Gasteiger charge is -2.26. The van der Waals surface area contributed by atoms with Gasteiger partial charge in [-0.25, -0.2) is 4.98 Å². The van der Waals surface area contributed by atoms with Crippen LogP contribution in [0.2, 0.25) is 0 Å². The van der Waals surface area contributed by atoms with E-state index in [2.05, 4.69) is 10.3 Å². The molecular weight excluding hydrogens is 216 g/mol. The first-order valence-corrected chi connectivity index (χ1v) is 6.30. The molecule has 2 fully saturated rings. The van der Waals surface area contributed by atoms with Gasteiger partial charge in [0.15, 0.2) is 0 Å². The maximum absolute atomic E-state index is 5.75. The predicted molar refractivity (Wildman–Crippen MR) is 64.0 cm³/mol. The number of fused-ring (bicyclic) bond motifs is 1. The molecule has 0 amide bonds. The molecule has 4 nitrogen and oxygen atoms in total. The minimum Gasteiger partial charge on any atom is -0.477 e. The Hall–Kier alpha value is -1.13. The molecule has 2 aliphatic rings. The molecule has 0 radical (unpaired) electrons. The zero-order valence-corrected chi connectivity index (χ0v) is 9.84. The van der Waals surface area contributed by atoms with Crippen molar-refractivity contribution in [1.82, 2.24) is 10.3 Å². The van der Waals surface area contributed by atoms with Gasteiger partial charge in [0, 0.05) is 24.8 Å². The minimum absolute atomic E-state index is 0.390. The van der Waals surface area contributed by atoms with Crippen LogP contribution in [-0.4, -0.2) is 36.9 Å². The predicted octanol–water partition coefficient (Wildman–Crippen LogP) is 1.23. The Labute approximate surface area is 101 Å². The zero-order valence-electron chi connectivity index (χ0n) is 9.84. The second-order valence-electron chi connectivity index (χ2n) is 4.79. The highest BCUT2D eigenvalue weighted by atomic mass is 16.5. The molecule has 0 aromatic carbocycles. The molecule has 1 aliphatic carbocycles. The van der Waals surface area contributed by atoms with Crippen molar-refractivity contribution >= 4 is 0 Å². The third kappa shape index (κ3) is 2.58. The Bertz CT molecular complexity index is 344. The van der Waals surface area contributed by atoms with Crippen LogP contribution in [0.1, 0.15) is 12.8 Å². The summed E-state index contributed by atoms with van der Waals surface area (Å²) in [4.78, 5) is 4.16. The monoisotopic (exact) mass is 234 g/mol. The average molecular weight is 234 g/mol. The summed E-state index contributed by atoms with van der Waals surface area (Å²) >= 11 is 0. The van der Waals surface area contributed by atoms with E-state index in [0.29, 0.717) is 18.1 Å². The van der Waals surface area contributed by atoms with Gasteiger partial charge in [-0.15, -0.1) is 0 Å². The molecule has 0 spiro atoms. The Morgan fingerprint density at radius 1 is 1.41 bits per heavy atom. The fourth-order valence-corrected chi connectivity index (χ4v) is 2.73. The van der Waals surface area contributed by atoms with Gasteiger partial charge in [0.1, 0.15) is 0 Å². The van der Waals surface area contributed by atoms with E-state index in [1.54, 1.807) is 6.20 Å². The molecule has 92 valence electrons. The van der Waals surface area contributed by atoms with E-state index in [0.717, 1.165) is 38.5 Å². The largest absolute Gasteiger partial charge is 0.477 e. The summed E-state index contributed by atoms with van der Waals surface area (Å²) < 4.78 is 11.5. The smallest absolute Gasteiger partial charge is 0.213 e. The molecule has 2 heterocycles. The van der Waals surface area contributed by atoms with Crippen molar-refractivity contribution in [2.75, 3.05) is 19.8 Å². The second-order valence-corrected chi connectivity index (χ2v) is 4.79. The highest BCUT2D eigenvalue weighted by molar-refractivity contribution is 5.09. The molecule has 1 aliphatic heterocycles. The quantitative estimate of drug-likeness (QED) is 0.854. The molecule has 17 heavy (non-hydrogen) atoms. The number of hydrogen-bond donors (Lipinski definition) is 1. The molecule has 0 bridgehead atoms. The Morgan fingerprint density at radius 3 is 3.24 bits per heavy atom. The third-order valence-corrected chi connectivity index (χ3v) is 3.55. The van der Waals surface area contributed by atoms with Gasteiger partial charge in [0.05, 0.1) is 19.3 Å². The van der Waals surface area contributed by atoms with Gasteiger partial charge in [-0.05, 0) is 24.8 Å². The van der Waals surface area contributed by atoms with E-state index in [4.69, 9.17) is 9.47 Å². The summed E-state index contributed by atoms with van der Waals surface area (Å²) in [6.45, 7) is 2.57. The normalized spacial score (nSPS) is 32.1. The lowest BCUT2D eigenvalue weighted by atomic mass is 10.1. The number of ether oxygens (including phenoxy) is 2. The second kappa shape index (κ2) is 5.02. The van der Waals surface area contributed by atoms with Crippen molar-refractivity contribution in [1.29, 1.82) is 0 Å². The van der Waals surface area contributed by atoms with Crippen LogP contribution in [0.4, 0.5) is 0 Å². The molecule has 3 rings (SSSR count). The van der Waals surface area contributed by atoms with E-state index in [1.165, 1.54) is 0 Å². The van der Waals surface area contributed by atoms with E-state index >= 15 is 0 Å². The van der Waals surface area contributed by atoms with E-state index in [9.17, 15) is 0 Å². The van der Waals surface area contributed by atoms with Crippen LogP contribution in [0.3, 0.4) is 0 Å². The molecule has 3 atom stereocenters. The number of rotatable bonds is 3. The van der Waals surface area contributed by atoms with E-state index < -0.39 is 0 Å². The molecular formula is C13H18N2O2. The highest BCUT2D eigenvalue weighted by Crippen LogP contribution is 2.30. The third-order valence-electron chi connectivity index (χ3n) is 3.55. The summed E-state index contributed by atoms with van der Waals surface area (Å²) in [6, 6.07) is 6.27. The molecule has 3 unspecified atom stereocenters. The van der Waals surface area contributed by atoms with Crippen molar-refractivity contribution in [2.45, 2.75) is 25.0 Å². The van der Waals surface area contributed by atoms with Gasteiger partial charge in [-0.2, -0.15) is 0 Å². The van der Waals surface area contributed by atoms with Gasteiger partial charge in [-0.3, -0.25) is 0 Å². The fraction of sp³-hybridized carbons (Fsp3) is 0.615. The van der Waals surface area contributed by atoms with E-state index in [1.807, 2.05) is 18.2 Å². The number of morpholine rings is 1. The molecule has 4 heteroatoms. The topological polar surface area (TPSA) is 43.4 Å². The summed E-state index contributed by atoms with van der Waals surface area (Å²) in [6.07, 6.45) is 4.40. The van der Waals surface area contributed by atoms with Crippen LogP contribution < -0.4 is 10.1 Å². The first-order valence-electron chi connectivity index (χ1n) is 6.30. The number of aromatic nitrogens is 1. The molecule has 1 aromatic heterocycles. The van der Waals surface area contributed by atoms with Crippen molar-refractivity contribution in [3.8, 4) is 5.88 Å². The van der Waals surface area contributed by atoms with Crippen LogP contribution in [-0.2, 0) is 4.74 Å². The van der Waals surface area contributed by atoms with Gasteiger partial charge in [0.2, 0.25) is 5.88 Å². The number of hydrogen-bond acceptors (Lipinski definition) is 4. The first kappa shape index (κ1) is 11.0. The molecule has 1 saturated heterocycles. The van der Waals surface area contributed by atoms with Gasteiger partial charge in [-0.1, -0.05) is 6.07 Å². The van der Waals surface area contributed by atoms with Crippen molar-refractivity contribution in [2.24, 2.45) is 5.92 Å². The van der Waals surface area contributed by atoms with Crippen LogP contribution in [0.15, 0.2) is 24.4 Å². The van der Waals surface area contributed by atoms with Gasteiger partial charge in [0.25, 0.3) is 0 Å². The molecule has 1 N–H and O–H groups in total. The lowest BCUT2D eigenvalue weighted by Crippen LogP contribution is -2.44. The summed E-state index contributed by atoms with van der Waals surface area (Å²) in [5.74, 6) is 1.30. The van der Waals surface area contributed by atoms with Gasteiger partial charge >= 0.3 is 0 Å². The van der Waals surface area contributed by atoms with Crippen molar-refractivity contribution in [3.05, 3.63) is 24.4 Å². The lowest BCUT2D eigenvalue weighted by molar-refractivity contribution is 0.00963. The minimum atomic E-state index is 0.390. The average Bonchev–Trinajstić information content (AvgIpc) is 2.80. The molecule has 1 saturated carbocycles. The van der Waals surface area contributed by atoms with Gasteiger partial charge < -0.3 is 14.8 Å². The Morgan fingerprint density at radius 2 is 2.41 bits per heavy atom. The van der Waals surface area contributed by atoms with Crippen molar-refractivity contribution in [3.63, 3.8) is 0 Å². The van der Waals surface area contributed by atoms with Crippen LogP contribution in [0.25, 0.3) is 0 Å². The van der Waals surface area contributed by atoms with Crippen LogP contribution in [0, 0.1) is 5.92 Å². The Kier molecular flexibility index (Phi) is 3.25. The zero-order chi connectivity index (χ0) is 11.5. The number of pyridine rings is 1. The number of nitrogens with one attached hydrogen (secondary N) is 1. The highest BCUT2D eigenvalue weighted by Gasteiger charge is 2.36. The van der Waals surface area contributed by atoms with Crippen LogP contribution in [0.5, 0.6) is 5.88 Å². The SMILES string of the molecule is c1ccc(OCC2CC3NCCOC3C2)nc1. The van der Waals surface area contributed by atoms with E-state index in [-0.39, 0.29) is 0 Å². The number of nitrogens with zero attached hydrogens (tertiary/aromatic N) is 1. The standard InChI is InChI=1S/C13H18N2O2/c1-2-4-15-13(3-1)17-9-10-7-11-12(8-10)16-6-5-14-11/h1-4,10-12,14H,5-9H2. The maximum Gasteiger partial charge on any atom is 0.213 e. The summed E-state index contributed by atoms with van der Waals surface area (Å²) in [7, 11) is 0. The molecule has 1 aromatic rings. The Balaban J connectivity index is 1.50. The van der Waals surface area contributed by atoms with Crippen molar-refractivity contribution < 1.29 is 9.47 Å². The fourth-order valence-electron chi connectivity index (χ4n) is 2.73. The van der Waals surface area contributed by atoms with Crippen LogP contribution >= 0.6 is 0 Å². The summed E-state index contributed by atoms with van der Waals surface area (Å²) in [5.41, 5.74) is 0. The first-order chi connectivity index (χ1) is 8.42.